The lowest BCUT2D eigenvalue weighted by Crippen LogP contribution is -2.50. The number of methoxy groups -OCH3 is 1. The summed E-state index contributed by atoms with van der Waals surface area (Å²) in [7, 11) is 1.62. The van der Waals surface area contributed by atoms with Crippen molar-refractivity contribution in [1.82, 2.24) is 4.57 Å². The molecule has 4 saturated carbocycles. The Labute approximate surface area is 163 Å². The van der Waals surface area contributed by atoms with E-state index in [-0.39, 0.29) is 17.3 Å². The van der Waals surface area contributed by atoms with Gasteiger partial charge in [0, 0.05) is 19.0 Å². The third kappa shape index (κ3) is 3.51. The summed E-state index contributed by atoms with van der Waals surface area (Å²) in [5, 5.41) is 1.74. The number of carbonyl (C=O) groups excluding carboxylic acids is 2. The molecule has 27 heavy (non-hydrogen) atoms. The first-order valence-electron chi connectivity index (χ1n) is 9.98. The van der Waals surface area contributed by atoms with Gasteiger partial charge >= 0.3 is 5.97 Å². The average molecular weight is 393 g/mol. The van der Waals surface area contributed by atoms with Crippen LogP contribution in [-0.2, 0) is 20.8 Å². The van der Waals surface area contributed by atoms with Gasteiger partial charge in [-0.25, -0.2) is 4.79 Å². The molecule has 0 N–H and O–H groups in total. The lowest BCUT2D eigenvalue weighted by molar-refractivity contribution is -0.142. The van der Waals surface area contributed by atoms with Crippen molar-refractivity contribution in [3.8, 4) is 0 Å². The Balaban J connectivity index is 1.65. The molecule has 4 aliphatic rings. The minimum absolute atomic E-state index is 0.0185. The molecule has 0 radical (unpaired) electrons. The Hall–Kier alpha value is -1.47. The summed E-state index contributed by atoms with van der Waals surface area (Å²) in [6.07, 6.45) is 6.88. The van der Waals surface area contributed by atoms with E-state index < -0.39 is 0 Å². The first-order chi connectivity index (χ1) is 13.0. The number of carbonyl (C=O) groups is 2. The minimum atomic E-state index is -0.381. The van der Waals surface area contributed by atoms with Crippen LogP contribution in [0, 0.1) is 23.2 Å². The second-order valence-electron chi connectivity index (χ2n) is 8.38. The number of rotatable bonds is 6. The van der Waals surface area contributed by atoms with Crippen molar-refractivity contribution in [1.29, 1.82) is 0 Å². The second-order valence-corrected chi connectivity index (χ2v) is 9.22. The zero-order valence-corrected chi connectivity index (χ0v) is 16.9. The zero-order valence-electron chi connectivity index (χ0n) is 16.1. The van der Waals surface area contributed by atoms with E-state index >= 15 is 0 Å². The van der Waals surface area contributed by atoms with E-state index in [1.165, 1.54) is 30.6 Å². The molecule has 0 spiro atoms. The fourth-order valence-corrected chi connectivity index (χ4v) is 6.66. The molecule has 148 valence electrons. The highest BCUT2D eigenvalue weighted by Gasteiger charge is 2.54. The lowest BCUT2D eigenvalue weighted by Gasteiger charge is -2.55. The van der Waals surface area contributed by atoms with Gasteiger partial charge in [0.2, 0.25) is 0 Å². The largest absolute Gasteiger partial charge is 0.461 e. The van der Waals surface area contributed by atoms with E-state index in [1.54, 1.807) is 24.0 Å². The van der Waals surface area contributed by atoms with Crippen LogP contribution in [0.25, 0.3) is 0 Å². The highest BCUT2D eigenvalue weighted by molar-refractivity contribution is 7.07. The van der Waals surface area contributed by atoms with Crippen LogP contribution in [0.5, 0.6) is 0 Å². The van der Waals surface area contributed by atoms with Gasteiger partial charge < -0.3 is 14.0 Å². The van der Waals surface area contributed by atoms with Crippen LogP contribution in [0.1, 0.15) is 55.9 Å². The monoisotopic (exact) mass is 392 g/mol. The predicted molar refractivity (Wildman–Crippen MR) is 101 cm³/mol. The molecule has 0 aromatic carbocycles. The number of hydrogen-bond acceptors (Lipinski definition) is 5. The van der Waals surface area contributed by atoms with Crippen LogP contribution in [0.3, 0.4) is 0 Å². The molecule has 4 bridgehead atoms. The molecule has 0 saturated heterocycles. The summed E-state index contributed by atoms with van der Waals surface area (Å²) in [6, 6.07) is 0. The predicted octanol–water partition coefficient (Wildman–Crippen LogP) is 3.02. The zero-order chi connectivity index (χ0) is 19.0. The van der Waals surface area contributed by atoms with Gasteiger partial charge in [-0.15, -0.1) is 11.3 Å². The molecule has 6 nitrogen and oxygen atoms in total. The van der Waals surface area contributed by atoms with Crippen molar-refractivity contribution in [2.45, 2.75) is 52.0 Å². The number of esters is 1. The van der Waals surface area contributed by atoms with E-state index in [9.17, 15) is 9.59 Å². The van der Waals surface area contributed by atoms with Crippen LogP contribution in [0.4, 0.5) is 0 Å². The lowest BCUT2D eigenvalue weighted by atomic mass is 9.49. The van der Waals surface area contributed by atoms with Crippen LogP contribution in [0.15, 0.2) is 10.4 Å². The fourth-order valence-electron chi connectivity index (χ4n) is 5.77. The molecule has 0 unspecified atom stereocenters. The molecule has 1 heterocycles. The average Bonchev–Trinajstić information content (AvgIpc) is 3.01. The molecule has 1 aromatic heterocycles. The van der Waals surface area contributed by atoms with Crippen LogP contribution in [0.2, 0.25) is 0 Å². The molecule has 1 aromatic rings. The van der Waals surface area contributed by atoms with E-state index in [0.29, 0.717) is 48.0 Å². The van der Waals surface area contributed by atoms with Crippen molar-refractivity contribution < 1.29 is 19.1 Å². The normalized spacial score (nSPS) is 32.1. The SMILES string of the molecule is CCOC(=O)c1cs/c(=N\C(=O)C23CC4CC(CC(C4)C2)C3)n1CCOC. The summed E-state index contributed by atoms with van der Waals surface area (Å²) in [6.45, 7) is 3.02. The van der Waals surface area contributed by atoms with Crippen molar-refractivity contribution in [2.24, 2.45) is 28.2 Å². The highest BCUT2D eigenvalue weighted by Crippen LogP contribution is 2.60. The van der Waals surface area contributed by atoms with Gasteiger partial charge in [-0.1, -0.05) is 0 Å². The highest BCUT2D eigenvalue weighted by atomic mass is 32.1. The van der Waals surface area contributed by atoms with Gasteiger partial charge in [-0.3, -0.25) is 4.79 Å². The fraction of sp³-hybridized carbons (Fsp3) is 0.750. The summed E-state index contributed by atoms with van der Waals surface area (Å²) in [5.74, 6) is 1.75. The Bertz CT molecular complexity index is 759. The Morgan fingerprint density at radius 3 is 2.41 bits per heavy atom. The molecule has 4 aliphatic carbocycles. The molecular formula is C20H28N2O4S. The van der Waals surface area contributed by atoms with Gasteiger partial charge in [-0.05, 0) is 63.2 Å². The Morgan fingerprint density at radius 1 is 1.22 bits per heavy atom. The second kappa shape index (κ2) is 7.51. The maximum absolute atomic E-state index is 13.3. The number of hydrogen-bond donors (Lipinski definition) is 0. The van der Waals surface area contributed by atoms with Gasteiger partial charge in [0.1, 0.15) is 5.69 Å². The van der Waals surface area contributed by atoms with E-state index in [1.807, 2.05) is 0 Å². The molecular weight excluding hydrogens is 364 g/mol. The summed E-state index contributed by atoms with van der Waals surface area (Å²) in [5.41, 5.74) is 0.179. The van der Waals surface area contributed by atoms with Crippen molar-refractivity contribution in [2.75, 3.05) is 20.3 Å². The Kier molecular flexibility index (Phi) is 5.25. The summed E-state index contributed by atoms with van der Waals surface area (Å²) in [4.78, 5) is 30.6. The molecule has 0 aliphatic heterocycles. The van der Waals surface area contributed by atoms with Crippen molar-refractivity contribution >= 4 is 23.2 Å². The van der Waals surface area contributed by atoms with Gasteiger partial charge in [-0.2, -0.15) is 4.99 Å². The van der Waals surface area contributed by atoms with E-state index in [4.69, 9.17) is 9.47 Å². The summed E-state index contributed by atoms with van der Waals surface area (Å²) >= 11 is 1.33. The number of amides is 1. The minimum Gasteiger partial charge on any atom is -0.461 e. The Morgan fingerprint density at radius 2 is 1.85 bits per heavy atom. The van der Waals surface area contributed by atoms with Gasteiger partial charge in [0.05, 0.1) is 18.6 Å². The quantitative estimate of drug-likeness (QED) is 0.698. The summed E-state index contributed by atoms with van der Waals surface area (Å²) < 4.78 is 12.1. The van der Waals surface area contributed by atoms with Crippen LogP contribution >= 0.6 is 11.3 Å². The first kappa shape index (κ1) is 18.9. The molecule has 0 atom stereocenters. The molecule has 4 fully saturated rings. The van der Waals surface area contributed by atoms with Crippen molar-refractivity contribution in [3.63, 3.8) is 0 Å². The molecule has 5 rings (SSSR count). The smallest absolute Gasteiger partial charge is 0.355 e. The van der Waals surface area contributed by atoms with Crippen LogP contribution < -0.4 is 4.80 Å². The standard InChI is InChI=1S/C20H28N2O4S/c1-3-26-17(23)16-12-27-19(22(16)4-5-25-2)21-18(24)20-9-13-6-14(10-20)8-15(7-13)11-20/h12-15H,3-11H2,1-2H3/b21-19-. The maximum atomic E-state index is 13.3. The third-order valence-corrected chi connectivity index (χ3v) is 7.35. The first-order valence-corrected chi connectivity index (χ1v) is 10.9. The van der Waals surface area contributed by atoms with Crippen LogP contribution in [-0.4, -0.2) is 36.8 Å². The molecule has 7 heteroatoms. The van der Waals surface area contributed by atoms with E-state index in [2.05, 4.69) is 4.99 Å². The van der Waals surface area contributed by atoms with E-state index in [0.717, 1.165) is 19.3 Å². The number of ether oxygens (including phenoxy) is 2. The third-order valence-electron chi connectivity index (χ3n) is 6.49. The number of thiazole rings is 1. The maximum Gasteiger partial charge on any atom is 0.355 e. The topological polar surface area (TPSA) is 69.9 Å². The van der Waals surface area contributed by atoms with Gasteiger partial charge in [0.15, 0.2) is 4.80 Å². The number of aromatic nitrogens is 1. The van der Waals surface area contributed by atoms with Gasteiger partial charge in [0.25, 0.3) is 5.91 Å². The molecule has 1 amide bonds. The number of nitrogens with zero attached hydrogens (tertiary/aromatic N) is 2. The van der Waals surface area contributed by atoms with Crippen molar-refractivity contribution in [3.05, 3.63) is 15.9 Å².